The number of likely N-dealkylation sites (tertiary alicyclic amines) is 2. The highest BCUT2D eigenvalue weighted by molar-refractivity contribution is 4.94. The van der Waals surface area contributed by atoms with E-state index in [1.54, 1.807) is 0 Å². The Bertz CT molecular complexity index is 448. The third kappa shape index (κ3) is 5.71. The number of hydrogen-bond donors (Lipinski definition) is 0. The summed E-state index contributed by atoms with van der Waals surface area (Å²) in [7, 11) is 2.39. The van der Waals surface area contributed by atoms with Crippen molar-refractivity contribution >= 4 is 0 Å². The molecule has 0 spiro atoms. The van der Waals surface area contributed by atoms with Crippen LogP contribution in [0.25, 0.3) is 0 Å². The molecule has 3 fully saturated rings. The average Bonchev–Trinajstić information content (AvgIpc) is 3.16. The van der Waals surface area contributed by atoms with Crippen molar-refractivity contribution in [2.75, 3.05) is 46.3 Å². The minimum Gasteiger partial charge on any atom is -0.301 e. The standard InChI is InChI=1S/C24H48N4/c1-20(2)27-17-10-14-25(5)24(19-27)23-11-6-7-18-28(23)22(4)13-12-21(3)26-15-8-9-16-26/h20-24H,6-19H2,1-5H3. The lowest BCUT2D eigenvalue weighted by atomic mass is 9.91. The van der Waals surface area contributed by atoms with Gasteiger partial charge in [-0.1, -0.05) is 6.42 Å². The van der Waals surface area contributed by atoms with Crippen LogP contribution in [0, 0.1) is 0 Å². The van der Waals surface area contributed by atoms with E-state index in [-0.39, 0.29) is 0 Å². The van der Waals surface area contributed by atoms with Crippen molar-refractivity contribution in [2.45, 2.75) is 109 Å². The highest BCUT2D eigenvalue weighted by atomic mass is 15.3. The van der Waals surface area contributed by atoms with Crippen molar-refractivity contribution in [1.82, 2.24) is 19.6 Å². The molecule has 0 aliphatic carbocycles. The first-order valence-electron chi connectivity index (χ1n) is 12.4. The van der Waals surface area contributed by atoms with Gasteiger partial charge in [-0.05, 0) is 112 Å². The first kappa shape index (κ1) is 22.5. The van der Waals surface area contributed by atoms with Gasteiger partial charge >= 0.3 is 0 Å². The summed E-state index contributed by atoms with van der Waals surface area (Å²) in [6.45, 7) is 17.5. The van der Waals surface area contributed by atoms with Gasteiger partial charge in [-0.3, -0.25) is 9.80 Å². The summed E-state index contributed by atoms with van der Waals surface area (Å²) < 4.78 is 0. The van der Waals surface area contributed by atoms with Gasteiger partial charge in [0.05, 0.1) is 0 Å². The SMILES string of the molecule is CC(C)N1CCCN(C)C(C2CCCCN2C(C)CCC(C)N2CCCC2)C1. The normalized spacial score (nSPS) is 31.9. The van der Waals surface area contributed by atoms with E-state index in [1.807, 2.05) is 0 Å². The number of nitrogens with zero attached hydrogens (tertiary/aromatic N) is 4. The molecule has 3 aliphatic rings. The van der Waals surface area contributed by atoms with Crippen LogP contribution in [0.3, 0.4) is 0 Å². The van der Waals surface area contributed by atoms with Crippen LogP contribution in [0.5, 0.6) is 0 Å². The summed E-state index contributed by atoms with van der Waals surface area (Å²) in [5.41, 5.74) is 0. The van der Waals surface area contributed by atoms with Crippen molar-refractivity contribution in [3.63, 3.8) is 0 Å². The third-order valence-electron chi connectivity index (χ3n) is 8.04. The average molecular weight is 393 g/mol. The summed E-state index contributed by atoms with van der Waals surface area (Å²) >= 11 is 0. The lowest BCUT2D eigenvalue weighted by Crippen LogP contribution is -2.58. The van der Waals surface area contributed by atoms with Crippen molar-refractivity contribution < 1.29 is 0 Å². The van der Waals surface area contributed by atoms with Gasteiger partial charge in [0.25, 0.3) is 0 Å². The fraction of sp³-hybridized carbons (Fsp3) is 1.00. The molecule has 0 N–H and O–H groups in total. The van der Waals surface area contributed by atoms with Crippen LogP contribution in [0.1, 0.15) is 79.1 Å². The molecular formula is C24H48N4. The number of likely N-dealkylation sites (N-methyl/N-ethyl adjacent to an activating group) is 1. The van der Waals surface area contributed by atoms with Crippen LogP contribution in [-0.2, 0) is 0 Å². The maximum Gasteiger partial charge on any atom is 0.0375 e. The van der Waals surface area contributed by atoms with Crippen LogP contribution >= 0.6 is 0 Å². The minimum atomic E-state index is 0.671. The molecule has 3 rings (SSSR count). The van der Waals surface area contributed by atoms with Gasteiger partial charge in [-0.2, -0.15) is 0 Å². The predicted molar refractivity (Wildman–Crippen MR) is 121 cm³/mol. The Morgan fingerprint density at radius 3 is 2.04 bits per heavy atom. The Kier molecular flexibility index (Phi) is 8.64. The highest BCUT2D eigenvalue weighted by Crippen LogP contribution is 2.28. The molecule has 0 amide bonds. The molecule has 0 aromatic heterocycles. The molecule has 28 heavy (non-hydrogen) atoms. The smallest absolute Gasteiger partial charge is 0.0375 e. The van der Waals surface area contributed by atoms with E-state index in [0.717, 1.165) is 18.1 Å². The third-order valence-corrected chi connectivity index (χ3v) is 8.04. The second-order valence-corrected chi connectivity index (χ2v) is 10.3. The van der Waals surface area contributed by atoms with E-state index in [9.17, 15) is 0 Å². The Morgan fingerprint density at radius 1 is 0.679 bits per heavy atom. The zero-order valence-corrected chi connectivity index (χ0v) is 19.6. The monoisotopic (exact) mass is 392 g/mol. The lowest BCUT2D eigenvalue weighted by Gasteiger charge is -2.47. The fourth-order valence-electron chi connectivity index (χ4n) is 6.00. The van der Waals surface area contributed by atoms with Gasteiger partial charge in [0, 0.05) is 36.8 Å². The first-order valence-corrected chi connectivity index (χ1v) is 12.4. The quantitative estimate of drug-likeness (QED) is 0.651. The number of hydrogen-bond acceptors (Lipinski definition) is 4. The van der Waals surface area contributed by atoms with Crippen LogP contribution in [0.15, 0.2) is 0 Å². The topological polar surface area (TPSA) is 13.0 Å². The maximum atomic E-state index is 2.92. The number of rotatable bonds is 7. The van der Waals surface area contributed by atoms with Crippen molar-refractivity contribution in [3.05, 3.63) is 0 Å². The van der Waals surface area contributed by atoms with Crippen molar-refractivity contribution in [3.8, 4) is 0 Å². The van der Waals surface area contributed by atoms with Crippen molar-refractivity contribution in [2.24, 2.45) is 0 Å². The molecule has 3 saturated heterocycles. The molecule has 4 atom stereocenters. The van der Waals surface area contributed by atoms with Gasteiger partial charge < -0.3 is 9.80 Å². The minimum absolute atomic E-state index is 0.671. The Labute approximate surface area is 175 Å². The Hall–Kier alpha value is -0.160. The molecule has 0 aromatic carbocycles. The lowest BCUT2D eigenvalue weighted by molar-refractivity contribution is 0.0238. The summed E-state index contributed by atoms with van der Waals surface area (Å²) in [6.07, 6.45) is 11.1. The van der Waals surface area contributed by atoms with E-state index >= 15 is 0 Å². The zero-order valence-electron chi connectivity index (χ0n) is 19.6. The largest absolute Gasteiger partial charge is 0.301 e. The van der Waals surface area contributed by atoms with Crippen molar-refractivity contribution in [1.29, 1.82) is 0 Å². The molecule has 164 valence electrons. The van der Waals surface area contributed by atoms with Crippen LogP contribution in [0.4, 0.5) is 0 Å². The van der Waals surface area contributed by atoms with Gasteiger partial charge in [0.1, 0.15) is 0 Å². The molecule has 4 heteroatoms. The predicted octanol–water partition coefficient (Wildman–Crippen LogP) is 3.91. The zero-order chi connectivity index (χ0) is 20.1. The molecule has 3 aliphatic heterocycles. The van der Waals surface area contributed by atoms with E-state index in [0.29, 0.717) is 12.1 Å². The van der Waals surface area contributed by atoms with Gasteiger partial charge in [0.15, 0.2) is 0 Å². The van der Waals surface area contributed by atoms with E-state index in [2.05, 4.69) is 54.3 Å². The molecule has 0 bridgehead atoms. The molecule has 0 radical (unpaired) electrons. The van der Waals surface area contributed by atoms with Gasteiger partial charge in [-0.25, -0.2) is 0 Å². The van der Waals surface area contributed by atoms with E-state index in [1.165, 1.54) is 90.6 Å². The Morgan fingerprint density at radius 2 is 1.32 bits per heavy atom. The molecule has 4 nitrogen and oxygen atoms in total. The van der Waals surface area contributed by atoms with Crippen LogP contribution in [0.2, 0.25) is 0 Å². The molecule has 0 saturated carbocycles. The molecule has 0 aromatic rings. The van der Waals surface area contributed by atoms with E-state index in [4.69, 9.17) is 0 Å². The number of piperidine rings is 1. The summed E-state index contributed by atoms with van der Waals surface area (Å²) in [5.74, 6) is 0. The fourth-order valence-corrected chi connectivity index (χ4v) is 6.00. The van der Waals surface area contributed by atoms with Crippen LogP contribution < -0.4 is 0 Å². The van der Waals surface area contributed by atoms with Gasteiger partial charge in [-0.15, -0.1) is 0 Å². The summed E-state index contributed by atoms with van der Waals surface area (Å²) in [6, 6.07) is 3.60. The molecule has 3 heterocycles. The molecule has 4 unspecified atom stereocenters. The summed E-state index contributed by atoms with van der Waals surface area (Å²) in [5, 5.41) is 0. The highest BCUT2D eigenvalue weighted by Gasteiger charge is 2.37. The van der Waals surface area contributed by atoms with E-state index < -0.39 is 0 Å². The second-order valence-electron chi connectivity index (χ2n) is 10.3. The van der Waals surface area contributed by atoms with Crippen LogP contribution in [-0.4, -0.2) is 96.1 Å². The first-order chi connectivity index (χ1) is 13.5. The van der Waals surface area contributed by atoms with Gasteiger partial charge in [0.2, 0.25) is 0 Å². The summed E-state index contributed by atoms with van der Waals surface area (Å²) in [4.78, 5) is 11.1. The molecular weight excluding hydrogens is 344 g/mol. The second kappa shape index (κ2) is 10.7. The maximum absolute atomic E-state index is 2.92. The Balaban J connectivity index is 1.61.